The fourth-order valence-electron chi connectivity index (χ4n) is 1.08. The summed E-state index contributed by atoms with van der Waals surface area (Å²) >= 11 is 1.39. The molecular formula is C9H17N3OS2. The number of anilines is 1. The average molecular weight is 247 g/mol. The van der Waals surface area contributed by atoms with Crippen molar-refractivity contribution in [1.82, 2.24) is 9.36 Å². The minimum Gasteiger partial charge on any atom is -0.358 e. The number of hydrogen-bond acceptors (Lipinski definition) is 5. The highest BCUT2D eigenvalue weighted by Gasteiger charge is 2.07. The molecule has 0 bridgehead atoms. The molecule has 2 atom stereocenters. The zero-order valence-electron chi connectivity index (χ0n) is 9.32. The molecule has 2 unspecified atom stereocenters. The van der Waals surface area contributed by atoms with E-state index in [0.29, 0.717) is 6.04 Å². The fourth-order valence-corrected chi connectivity index (χ4v) is 2.53. The second kappa shape index (κ2) is 6.17. The Bertz CT molecular complexity index is 327. The highest BCUT2D eigenvalue weighted by molar-refractivity contribution is 7.84. The molecule has 1 aromatic rings. The summed E-state index contributed by atoms with van der Waals surface area (Å²) < 4.78 is 15.1. The van der Waals surface area contributed by atoms with Gasteiger partial charge in [-0.25, -0.2) is 4.98 Å². The van der Waals surface area contributed by atoms with Crippen molar-refractivity contribution in [3.63, 3.8) is 0 Å². The van der Waals surface area contributed by atoms with E-state index in [4.69, 9.17) is 0 Å². The molecule has 1 N–H and O–H groups in total. The van der Waals surface area contributed by atoms with Crippen LogP contribution >= 0.6 is 11.5 Å². The molecular weight excluding hydrogens is 230 g/mol. The topological polar surface area (TPSA) is 54.9 Å². The van der Waals surface area contributed by atoms with Crippen molar-refractivity contribution in [3.8, 4) is 0 Å². The van der Waals surface area contributed by atoms with Crippen molar-refractivity contribution < 1.29 is 4.21 Å². The third-order valence-electron chi connectivity index (χ3n) is 1.99. The predicted octanol–water partition coefficient (Wildman–Crippen LogP) is 1.67. The van der Waals surface area contributed by atoms with E-state index in [1.807, 2.05) is 6.92 Å². The van der Waals surface area contributed by atoms with Gasteiger partial charge in [0.1, 0.15) is 5.82 Å². The van der Waals surface area contributed by atoms with Crippen LogP contribution in [0.5, 0.6) is 0 Å². The minimum atomic E-state index is -0.713. The molecule has 6 heteroatoms. The van der Waals surface area contributed by atoms with Gasteiger partial charge in [-0.2, -0.15) is 4.37 Å². The summed E-state index contributed by atoms with van der Waals surface area (Å²) in [6.45, 7) is 4.11. The highest BCUT2D eigenvalue weighted by atomic mass is 32.2. The summed E-state index contributed by atoms with van der Waals surface area (Å²) in [6.07, 6.45) is 3.49. The van der Waals surface area contributed by atoms with Gasteiger partial charge in [-0.05, 0) is 13.3 Å². The van der Waals surface area contributed by atoms with Crippen LogP contribution in [0.25, 0.3) is 0 Å². The first-order chi connectivity index (χ1) is 7.11. The first-order valence-electron chi connectivity index (χ1n) is 5.01. The van der Waals surface area contributed by atoms with Gasteiger partial charge in [-0.1, -0.05) is 6.92 Å². The molecule has 0 amide bonds. The summed E-state index contributed by atoms with van der Waals surface area (Å²) in [5.74, 6) is 1.61. The Morgan fingerprint density at radius 1 is 1.60 bits per heavy atom. The Kier molecular flexibility index (Phi) is 5.17. The van der Waals surface area contributed by atoms with Crippen molar-refractivity contribution in [2.24, 2.45) is 0 Å². The normalized spacial score (nSPS) is 14.9. The standard InChI is InChI=1S/C9H17N3OS2/c1-4-8-11-9(14-12-8)10-7(2)5-6-15(3)13/h7H,4-6H2,1-3H3,(H,10,11,12). The van der Waals surface area contributed by atoms with Crippen molar-refractivity contribution in [2.75, 3.05) is 17.3 Å². The maximum atomic E-state index is 10.9. The van der Waals surface area contributed by atoms with Gasteiger partial charge in [0.05, 0.1) is 0 Å². The molecule has 0 aliphatic heterocycles. The number of aromatic nitrogens is 2. The van der Waals surface area contributed by atoms with E-state index >= 15 is 0 Å². The van der Waals surface area contributed by atoms with Gasteiger partial charge >= 0.3 is 0 Å². The van der Waals surface area contributed by atoms with Gasteiger partial charge in [0.15, 0.2) is 0 Å². The maximum absolute atomic E-state index is 10.9. The van der Waals surface area contributed by atoms with Crippen LogP contribution in [0.1, 0.15) is 26.1 Å². The lowest BCUT2D eigenvalue weighted by molar-refractivity contribution is 0.678. The molecule has 0 aliphatic rings. The zero-order valence-corrected chi connectivity index (χ0v) is 11.0. The van der Waals surface area contributed by atoms with Gasteiger partial charge in [0, 0.05) is 46.8 Å². The van der Waals surface area contributed by atoms with E-state index in [-0.39, 0.29) is 0 Å². The monoisotopic (exact) mass is 247 g/mol. The van der Waals surface area contributed by atoms with Crippen LogP contribution in [0, 0.1) is 0 Å². The van der Waals surface area contributed by atoms with Crippen molar-refractivity contribution in [3.05, 3.63) is 5.82 Å². The van der Waals surface area contributed by atoms with E-state index in [9.17, 15) is 4.21 Å². The molecule has 0 fully saturated rings. The summed E-state index contributed by atoms with van der Waals surface area (Å²) in [4.78, 5) is 4.32. The molecule has 1 aromatic heterocycles. The quantitative estimate of drug-likeness (QED) is 0.831. The van der Waals surface area contributed by atoms with Crippen LogP contribution in [0.4, 0.5) is 5.13 Å². The lowest BCUT2D eigenvalue weighted by Gasteiger charge is -2.10. The molecule has 0 saturated heterocycles. The van der Waals surface area contributed by atoms with Crippen LogP contribution < -0.4 is 5.32 Å². The van der Waals surface area contributed by atoms with Crippen molar-refractivity contribution >= 4 is 27.5 Å². The molecule has 0 radical (unpaired) electrons. The smallest absolute Gasteiger partial charge is 0.202 e. The van der Waals surface area contributed by atoms with Gasteiger partial charge in [-0.3, -0.25) is 4.21 Å². The first-order valence-corrected chi connectivity index (χ1v) is 7.51. The van der Waals surface area contributed by atoms with Gasteiger partial charge in [0.2, 0.25) is 5.13 Å². The Labute approximate surface area is 97.1 Å². The van der Waals surface area contributed by atoms with Crippen LogP contribution in [0.2, 0.25) is 0 Å². The highest BCUT2D eigenvalue weighted by Crippen LogP contribution is 2.13. The summed E-state index contributed by atoms with van der Waals surface area (Å²) in [5, 5.41) is 4.12. The molecule has 15 heavy (non-hydrogen) atoms. The molecule has 4 nitrogen and oxygen atoms in total. The van der Waals surface area contributed by atoms with Crippen LogP contribution in [0.15, 0.2) is 0 Å². The van der Waals surface area contributed by atoms with E-state index < -0.39 is 10.8 Å². The molecule has 1 rings (SSSR count). The SMILES string of the molecule is CCc1nsc(NC(C)CCS(C)=O)n1. The Morgan fingerprint density at radius 2 is 2.33 bits per heavy atom. The molecule has 86 valence electrons. The van der Waals surface area contributed by atoms with Crippen molar-refractivity contribution in [2.45, 2.75) is 32.7 Å². The summed E-state index contributed by atoms with van der Waals surface area (Å²) in [6, 6.07) is 0.298. The predicted molar refractivity (Wildman–Crippen MR) is 65.9 cm³/mol. The molecule has 1 heterocycles. The van der Waals surface area contributed by atoms with Gasteiger partial charge in [0.25, 0.3) is 0 Å². The number of hydrogen-bond donors (Lipinski definition) is 1. The molecule has 0 saturated carbocycles. The minimum absolute atomic E-state index is 0.298. The third kappa shape index (κ3) is 4.70. The van der Waals surface area contributed by atoms with E-state index in [1.165, 1.54) is 11.5 Å². The Balaban J connectivity index is 2.36. The molecule has 0 aliphatic carbocycles. The third-order valence-corrected chi connectivity index (χ3v) is 3.49. The van der Waals surface area contributed by atoms with Crippen molar-refractivity contribution in [1.29, 1.82) is 0 Å². The van der Waals surface area contributed by atoms with Crippen LogP contribution in [-0.2, 0) is 17.2 Å². The lowest BCUT2D eigenvalue weighted by Crippen LogP contribution is -2.17. The lowest BCUT2D eigenvalue weighted by atomic mass is 10.3. The number of aryl methyl sites for hydroxylation is 1. The largest absolute Gasteiger partial charge is 0.358 e. The molecule has 0 spiro atoms. The fraction of sp³-hybridized carbons (Fsp3) is 0.778. The molecule has 0 aromatic carbocycles. The number of rotatable bonds is 6. The zero-order chi connectivity index (χ0) is 11.3. The second-order valence-electron chi connectivity index (χ2n) is 3.48. The number of nitrogens with one attached hydrogen (secondary N) is 1. The Morgan fingerprint density at radius 3 is 2.87 bits per heavy atom. The second-order valence-corrected chi connectivity index (χ2v) is 5.79. The van der Waals surface area contributed by atoms with Gasteiger partial charge in [-0.15, -0.1) is 0 Å². The maximum Gasteiger partial charge on any atom is 0.202 e. The van der Waals surface area contributed by atoms with Crippen LogP contribution in [0.3, 0.4) is 0 Å². The van der Waals surface area contributed by atoms with E-state index in [0.717, 1.165) is 29.6 Å². The van der Waals surface area contributed by atoms with E-state index in [1.54, 1.807) is 6.26 Å². The Hall–Kier alpha value is -0.490. The number of nitrogens with zero attached hydrogens (tertiary/aromatic N) is 2. The summed E-state index contributed by atoms with van der Waals surface area (Å²) in [7, 11) is -0.713. The van der Waals surface area contributed by atoms with Crippen LogP contribution in [-0.4, -0.2) is 31.6 Å². The average Bonchev–Trinajstić information content (AvgIpc) is 2.62. The first kappa shape index (κ1) is 12.6. The van der Waals surface area contributed by atoms with E-state index in [2.05, 4.69) is 21.6 Å². The summed E-state index contributed by atoms with van der Waals surface area (Å²) in [5.41, 5.74) is 0. The van der Waals surface area contributed by atoms with Gasteiger partial charge < -0.3 is 5.32 Å².